The minimum absolute atomic E-state index is 0.104. The maximum Gasteiger partial charge on any atom is 0.228 e. The van der Waals surface area contributed by atoms with Crippen molar-refractivity contribution < 1.29 is 19.0 Å². The van der Waals surface area contributed by atoms with Gasteiger partial charge in [-0.05, 0) is 48.0 Å². The molecule has 1 aliphatic rings. The van der Waals surface area contributed by atoms with Crippen molar-refractivity contribution in [3.63, 3.8) is 0 Å². The highest BCUT2D eigenvalue weighted by atomic mass is 19.1. The Bertz CT molecular complexity index is 1500. The standard InChI is InChI=1S/C25H17FN4O3/c1-32-18-9-4-14(5-10-18)21-19-11-8-17(31)12-20(19)33-25-22(21)24-28-23(29-30(24)13-27-25)15-2-6-16(26)7-3-15/h2-13,21,31H,1H3/t21-/m0/s1. The van der Waals surface area contributed by atoms with E-state index < -0.39 is 0 Å². The van der Waals surface area contributed by atoms with Crippen LogP contribution in [0.4, 0.5) is 4.39 Å². The van der Waals surface area contributed by atoms with Crippen molar-refractivity contribution in [2.45, 2.75) is 5.92 Å². The Labute approximate surface area is 187 Å². The second-order valence-corrected chi connectivity index (χ2v) is 7.70. The summed E-state index contributed by atoms with van der Waals surface area (Å²) in [5, 5.41) is 14.6. The Balaban J connectivity index is 1.58. The summed E-state index contributed by atoms with van der Waals surface area (Å²) in [6.07, 6.45) is 1.53. The monoisotopic (exact) mass is 440 g/mol. The zero-order chi connectivity index (χ0) is 22.5. The van der Waals surface area contributed by atoms with Crippen LogP contribution < -0.4 is 9.47 Å². The lowest BCUT2D eigenvalue weighted by molar-refractivity contribution is 0.414. The fourth-order valence-electron chi connectivity index (χ4n) is 4.17. The Morgan fingerprint density at radius 2 is 1.82 bits per heavy atom. The van der Waals surface area contributed by atoms with Gasteiger partial charge in [-0.1, -0.05) is 18.2 Å². The summed E-state index contributed by atoms with van der Waals surface area (Å²) >= 11 is 0. The van der Waals surface area contributed by atoms with Gasteiger partial charge in [-0.25, -0.2) is 18.9 Å². The number of hydrogen-bond donors (Lipinski definition) is 1. The molecule has 1 atom stereocenters. The summed E-state index contributed by atoms with van der Waals surface area (Å²) in [4.78, 5) is 9.24. The molecule has 0 radical (unpaired) electrons. The Hall–Kier alpha value is -4.46. The molecular weight excluding hydrogens is 423 g/mol. The first-order valence-electron chi connectivity index (χ1n) is 10.3. The summed E-state index contributed by atoms with van der Waals surface area (Å²) in [6, 6.07) is 18.8. The van der Waals surface area contributed by atoms with Crippen molar-refractivity contribution in [2.75, 3.05) is 7.11 Å². The first-order valence-corrected chi connectivity index (χ1v) is 10.3. The second kappa shape index (κ2) is 7.30. The molecule has 162 valence electrons. The number of ether oxygens (including phenoxy) is 2. The fraction of sp³-hybridized carbons (Fsp3) is 0.0800. The van der Waals surface area contributed by atoms with Gasteiger partial charge in [0, 0.05) is 23.1 Å². The van der Waals surface area contributed by atoms with Crippen LogP contribution >= 0.6 is 0 Å². The highest BCUT2D eigenvalue weighted by Gasteiger charge is 2.33. The number of nitrogens with zero attached hydrogens (tertiary/aromatic N) is 4. The van der Waals surface area contributed by atoms with Crippen LogP contribution in [-0.4, -0.2) is 31.8 Å². The maximum absolute atomic E-state index is 13.4. The molecule has 0 bridgehead atoms. The summed E-state index contributed by atoms with van der Waals surface area (Å²) in [6.45, 7) is 0. The number of phenols is 1. The molecule has 2 aromatic heterocycles. The number of methoxy groups -OCH3 is 1. The molecule has 33 heavy (non-hydrogen) atoms. The highest BCUT2D eigenvalue weighted by Crippen LogP contribution is 2.48. The minimum atomic E-state index is -0.325. The molecular formula is C25H17FN4O3. The molecule has 0 unspecified atom stereocenters. The van der Waals surface area contributed by atoms with Crippen LogP contribution in [0.25, 0.3) is 17.0 Å². The molecule has 1 aliphatic heterocycles. The third-order valence-corrected chi connectivity index (χ3v) is 5.74. The lowest BCUT2D eigenvalue weighted by Crippen LogP contribution is -2.15. The van der Waals surface area contributed by atoms with E-state index in [1.807, 2.05) is 30.3 Å². The van der Waals surface area contributed by atoms with Gasteiger partial charge < -0.3 is 14.6 Å². The lowest BCUT2D eigenvalue weighted by atomic mass is 9.84. The molecule has 0 amide bonds. The summed E-state index contributed by atoms with van der Waals surface area (Å²) in [7, 11) is 1.62. The first kappa shape index (κ1) is 19.2. The maximum atomic E-state index is 13.4. The number of hydrogen-bond acceptors (Lipinski definition) is 6. The van der Waals surface area contributed by atoms with Crippen LogP contribution in [0.15, 0.2) is 73.1 Å². The van der Waals surface area contributed by atoms with Crippen molar-refractivity contribution in [2.24, 2.45) is 0 Å². The molecule has 0 aliphatic carbocycles. The predicted octanol–water partition coefficient (Wildman–Crippen LogP) is 4.93. The van der Waals surface area contributed by atoms with Crippen molar-refractivity contribution in [3.8, 4) is 34.5 Å². The average molecular weight is 440 g/mol. The number of halogens is 1. The van der Waals surface area contributed by atoms with E-state index in [0.717, 1.165) is 22.4 Å². The molecule has 0 saturated carbocycles. The first-order chi connectivity index (χ1) is 16.1. The largest absolute Gasteiger partial charge is 0.508 e. The van der Waals surface area contributed by atoms with E-state index in [1.54, 1.807) is 35.9 Å². The Morgan fingerprint density at radius 1 is 1.03 bits per heavy atom. The Morgan fingerprint density at radius 3 is 2.58 bits per heavy atom. The van der Waals surface area contributed by atoms with E-state index in [0.29, 0.717) is 28.7 Å². The van der Waals surface area contributed by atoms with E-state index in [-0.39, 0.29) is 17.5 Å². The molecule has 1 N–H and O–H groups in total. The van der Waals surface area contributed by atoms with Crippen LogP contribution in [0.1, 0.15) is 22.6 Å². The van der Waals surface area contributed by atoms with Gasteiger partial charge >= 0.3 is 0 Å². The number of fused-ring (bicyclic) bond motifs is 4. The summed E-state index contributed by atoms with van der Waals surface area (Å²) < 4.78 is 26.4. The lowest BCUT2D eigenvalue weighted by Gasteiger charge is -2.28. The van der Waals surface area contributed by atoms with Crippen LogP contribution in [0.2, 0.25) is 0 Å². The van der Waals surface area contributed by atoms with Crippen LogP contribution in [0, 0.1) is 5.82 Å². The van der Waals surface area contributed by atoms with Crippen molar-refractivity contribution >= 4 is 5.65 Å². The number of rotatable bonds is 3. The molecule has 5 aromatic rings. The quantitative estimate of drug-likeness (QED) is 0.420. The van der Waals surface area contributed by atoms with Gasteiger partial charge in [0.1, 0.15) is 29.4 Å². The van der Waals surface area contributed by atoms with Crippen molar-refractivity contribution in [1.29, 1.82) is 0 Å². The minimum Gasteiger partial charge on any atom is -0.508 e. The van der Waals surface area contributed by atoms with Gasteiger partial charge in [-0.3, -0.25) is 0 Å². The fourth-order valence-corrected chi connectivity index (χ4v) is 4.17. The smallest absolute Gasteiger partial charge is 0.228 e. The third kappa shape index (κ3) is 3.15. The molecule has 7 nitrogen and oxygen atoms in total. The normalized spacial score (nSPS) is 14.4. The Kier molecular flexibility index (Phi) is 4.26. The number of benzene rings is 3. The third-order valence-electron chi connectivity index (χ3n) is 5.74. The van der Waals surface area contributed by atoms with E-state index in [9.17, 15) is 9.50 Å². The number of aromatic hydroxyl groups is 1. The van der Waals surface area contributed by atoms with Crippen LogP contribution in [-0.2, 0) is 0 Å². The topological polar surface area (TPSA) is 81.8 Å². The second-order valence-electron chi connectivity index (χ2n) is 7.70. The summed E-state index contributed by atoms with van der Waals surface area (Å²) in [5.74, 6) is 1.63. The van der Waals surface area contributed by atoms with Crippen LogP contribution in [0.5, 0.6) is 23.1 Å². The van der Waals surface area contributed by atoms with Gasteiger partial charge in [0.25, 0.3) is 0 Å². The van der Waals surface area contributed by atoms with Crippen molar-refractivity contribution in [3.05, 3.63) is 95.6 Å². The van der Waals surface area contributed by atoms with Gasteiger partial charge in [0.15, 0.2) is 11.5 Å². The zero-order valence-electron chi connectivity index (χ0n) is 17.4. The average Bonchev–Trinajstić information content (AvgIpc) is 3.27. The highest BCUT2D eigenvalue weighted by molar-refractivity contribution is 5.68. The molecule has 3 heterocycles. The number of aromatic nitrogens is 4. The van der Waals surface area contributed by atoms with E-state index >= 15 is 0 Å². The van der Waals surface area contributed by atoms with Crippen LogP contribution in [0.3, 0.4) is 0 Å². The van der Waals surface area contributed by atoms with Gasteiger partial charge in [-0.2, -0.15) is 0 Å². The number of phenolic OH excluding ortho intramolecular Hbond substituents is 1. The van der Waals surface area contributed by atoms with Gasteiger partial charge in [-0.15, -0.1) is 5.10 Å². The molecule has 0 spiro atoms. The van der Waals surface area contributed by atoms with Crippen molar-refractivity contribution in [1.82, 2.24) is 19.6 Å². The van der Waals surface area contributed by atoms with Gasteiger partial charge in [0.2, 0.25) is 5.88 Å². The van der Waals surface area contributed by atoms with E-state index in [2.05, 4.69) is 10.1 Å². The SMILES string of the molecule is COc1ccc([C@H]2c3ccc(O)cc3Oc3ncn4nc(-c5ccc(F)cc5)nc4c32)cc1. The molecule has 8 heteroatoms. The summed E-state index contributed by atoms with van der Waals surface area (Å²) in [5.41, 5.74) is 3.87. The molecule has 0 saturated heterocycles. The molecule has 0 fully saturated rings. The van der Waals surface area contributed by atoms with E-state index in [4.69, 9.17) is 14.5 Å². The zero-order valence-corrected chi connectivity index (χ0v) is 17.4. The predicted molar refractivity (Wildman–Crippen MR) is 118 cm³/mol. The molecule has 6 rings (SSSR count). The molecule has 3 aromatic carbocycles. The van der Waals surface area contributed by atoms with E-state index in [1.165, 1.54) is 18.5 Å². The van der Waals surface area contributed by atoms with Gasteiger partial charge in [0.05, 0.1) is 12.7 Å².